The fraction of sp³-hybridized carbons (Fsp3) is 0. The van der Waals surface area contributed by atoms with Gasteiger partial charge in [-0.15, -0.1) is 0 Å². The third-order valence-electron chi connectivity index (χ3n) is 9.60. The lowest BCUT2D eigenvalue weighted by Gasteiger charge is -2.11. The van der Waals surface area contributed by atoms with E-state index in [-0.39, 0.29) is 0 Å². The lowest BCUT2D eigenvalue weighted by molar-refractivity contribution is 0.669. The molecule has 0 radical (unpaired) electrons. The molecule has 0 unspecified atom stereocenters. The van der Waals surface area contributed by atoms with E-state index in [0.717, 1.165) is 11.2 Å². The first kappa shape index (κ1) is 24.5. The van der Waals surface area contributed by atoms with E-state index in [1.165, 1.54) is 86.9 Å². The third-order valence-corrected chi connectivity index (χ3v) is 9.60. The van der Waals surface area contributed by atoms with Gasteiger partial charge in [0.05, 0.1) is 0 Å². The van der Waals surface area contributed by atoms with Gasteiger partial charge in [0.25, 0.3) is 0 Å². The van der Waals surface area contributed by atoms with Crippen molar-refractivity contribution < 1.29 is 4.42 Å². The van der Waals surface area contributed by atoms with Crippen LogP contribution in [0.25, 0.3) is 98.1 Å². The van der Waals surface area contributed by atoms with Crippen molar-refractivity contribution >= 4 is 75.8 Å². The molecule has 10 rings (SSSR count). The molecule has 1 nitrogen and oxygen atoms in total. The molecular weight excluding hydrogens is 544 g/mol. The van der Waals surface area contributed by atoms with Crippen molar-refractivity contribution in [3.8, 4) is 22.3 Å². The first-order valence-corrected chi connectivity index (χ1v) is 15.5. The Labute approximate surface area is 259 Å². The summed E-state index contributed by atoms with van der Waals surface area (Å²) in [5, 5.41) is 14.9. The van der Waals surface area contributed by atoms with Crippen molar-refractivity contribution in [1.82, 2.24) is 0 Å². The van der Waals surface area contributed by atoms with Crippen LogP contribution in [0, 0.1) is 0 Å². The Morgan fingerprint density at radius 2 is 0.733 bits per heavy atom. The van der Waals surface area contributed by atoms with Gasteiger partial charge in [-0.1, -0.05) is 121 Å². The largest absolute Gasteiger partial charge is 0.456 e. The van der Waals surface area contributed by atoms with Crippen LogP contribution in [0.1, 0.15) is 0 Å². The van der Waals surface area contributed by atoms with E-state index in [1.54, 1.807) is 0 Å². The molecule has 0 aliphatic heterocycles. The fourth-order valence-corrected chi connectivity index (χ4v) is 7.50. The summed E-state index contributed by atoms with van der Waals surface area (Å²) in [5.41, 5.74) is 6.77. The summed E-state index contributed by atoms with van der Waals surface area (Å²) in [4.78, 5) is 0. The van der Waals surface area contributed by atoms with E-state index < -0.39 is 0 Å². The molecule has 0 aliphatic carbocycles. The molecule has 0 amide bonds. The van der Waals surface area contributed by atoms with Gasteiger partial charge in [-0.05, 0) is 107 Å². The maximum absolute atomic E-state index is 6.53. The number of hydrogen-bond donors (Lipinski definition) is 0. The zero-order valence-electron chi connectivity index (χ0n) is 24.4. The Morgan fingerprint density at radius 3 is 1.44 bits per heavy atom. The van der Waals surface area contributed by atoms with Crippen LogP contribution >= 0.6 is 0 Å². The molecule has 0 saturated heterocycles. The molecule has 0 bridgehead atoms. The predicted octanol–water partition coefficient (Wildman–Crippen LogP) is 12.7. The molecular formula is C44H26O. The number of hydrogen-bond acceptors (Lipinski definition) is 1. The monoisotopic (exact) mass is 570 g/mol. The topological polar surface area (TPSA) is 13.1 Å². The van der Waals surface area contributed by atoms with E-state index in [2.05, 4.69) is 158 Å². The molecule has 9 aromatic carbocycles. The minimum atomic E-state index is 0.926. The molecule has 0 N–H and O–H groups in total. The molecule has 0 fully saturated rings. The van der Waals surface area contributed by atoms with Crippen LogP contribution in [0.5, 0.6) is 0 Å². The maximum atomic E-state index is 6.53. The first-order valence-electron chi connectivity index (χ1n) is 15.5. The van der Waals surface area contributed by atoms with Gasteiger partial charge < -0.3 is 4.42 Å². The molecule has 1 heterocycles. The molecule has 10 aromatic rings. The summed E-state index contributed by atoms with van der Waals surface area (Å²) >= 11 is 0. The molecule has 0 saturated carbocycles. The Kier molecular flexibility index (Phi) is 5.06. The molecule has 45 heavy (non-hydrogen) atoms. The normalized spacial score (nSPS) is 12.0. The summed E-state index contributed by atoms with van der Waals surface area (Å²) in [5.74, 6) is 0. The molecule has 1 aromatic heterocycles. The Morgan fingerprint density at radius 1 is 0.267 bits per heavy atom. The quantitative estimate of drug-likeness (QED) is 0.188. The summed E-state index contributed by atoms with van der Waals surface area (Å²) in [6.45, 7) is 0. The predicted molar refractivity (Wildman–Crippen MR) is 192 cm³/mol. The van der Waals surface area contributed by atoms with E-state index in [9.17, 15) is 0 Å². The van der Waals surface area contributed by atoms with Crippen molar-refractivity contribution in [3.63, 3.8) is 0 Å². The summed E-state index contributed by atoms with van der Waals surface area (Å²) in [6, 6.07) is 57.3. The van der Waals surface area contributed by atoms with Crippen molar-refractivity contribution in [1.29, 1.82) is 0 Å². The van der Waals surface area contributed by atoms with Gasteiger partial charge in [0.1, 0.15) is 11.2 Å². The molecule has 0 aliphatic rings. The number of benzene rings is 9. The van der Waals surface area contributed by atoms with E-state index in [0.29, 0.717) is 0 Å². The highest BCUT2D eigenvalue weighted by Gasteiger charge is 2.18. The maximum Gasteiger partial charge on any atom is 0.136 e. The van der Waals surface area contributed by atoms with Gasteiger partial charge >= 0.3 is 0 Å². The van der Waals surface area contributed by atoms with Gasteiger partial charge in [-0.3, -0.25) is 0 Å². The van der Waals surface area contributed by atoms with E-state index in [1.807, 2.05) is 0 Å². The second-order valence-corrected chi connectivity index (χ2v) is 12.1. The molecule has 208 valence electrons. The van der Waals surface area contributed by atoms with Gasteiger partial charge in [0, 0.05) is 16.2 Å². The van der Waals surface area contributed by atoms with E-state index >= 15 is 0 Å². The Hall–Kier alpha value is -5.92. The fourth-order valence-electron chi connectivity index (χ4n) is 7.50. The molecule has 0 spiro atoms. The summed E-state index contributed by atoms with van der Waals surface area (Å²) < 4.78 is 6.53. The van der Waals surface area contributed by atoms with Crippen LogP contribution in [-0.2, 0) is 0 Å². The van der Waals surface area contributed by atoms with Gasteiger partial charge in [-0.2, -0.15) is 0 Å². The minimum Gasteiger partial charge on any atom is -0.456 e. The van der Waals surface area contributed by atoms with Crippen LogP contribution in [0.15, 0.2) is 162 Å². The molecule has 0 atom stereocenters. The van der Waals surface area contributed by atoms with Crippen LogP contribution in [0.4, 0.5) is 0 Å². The van der Waals surface area contributed by atoms with Crippen molar-refractivity contribution in [2.45, 2.75) is 0 Å². The van der Waals surface area contributed by atoms with Crippen LogP contribution in [0.3, 0.4) is 0 Å². The summed E-state index contributed by atoms with van der Waals surface area (Å²) in [6.07, 6.45) is 0. The van der Waals surface area contributed by atoms with Gasteiger partial charge in [0.2, 0.25) is 0 Å². The van der Waals surface area contributed by atoms with Crippen molar-refractivity contribution in [3.05, 3.63) is 158 Å². The van der Waals surface area contributed by atoms with Gasteiger partial charge in [0.15, 0.2) is 0 Å². The minimum absolute atomic E-state index is 0.926. The first-order chi connectivity index (χ1) is 22.3. The SMILES string of the molecule is c1ccc(-c2ccc3cc(-c4ccc5c(ccc6oc7ccc8c9ccccc9c9ccccc9c8c7c65)c4)ccc3c2)cc1. The van der Waals surface area contributed by atoms with Crippen LogP contribution < -0.4 is 0 Å². The highest BCUT2D eigenvalue weighted by atomic mass is 16.3. The Balaban J connectivity index is 1.19. The standard InChI is InChI=1S/C44H26O/c1-2-8-27(9-3-1)28-14-15-30-25-31(17-16-29(30)24-28)32-18-20-34-33(26-32)19-22-40-43(34)44-41(45-40)23-21-39-37-12-5-4-10-35(37)36-11-6-7-13-38(36)42(39)44/h1-26H. The molecule has 1 heteroatoms. The number of rotatable bonds is 2. The number of fused-ring (bicyclic) bond motifs is 13. The van der Waals surface area contributed by atoms with Gasteiger partial charge in [-0.25, -0.2) is 0 Å². The third kappa shape index (κ3) is 3.62. The lowest BCUT2D eigenvalue weighted by Crippen LogP contribution is -1.85. The summed E-state index contributed by atoms with van der Waals surface area (Å²) in [7, 11) is 0. The second-order valence-electron chi connectivity index (χ2n) is 12.1. The van der Waals surface area contributed by atoms with Crippen LogP contribution in [0.2, 0.25) is 0 Å². The zero-order chi connectivity index (χ0) is 29.5. The van der Waals surface area contributed by atoms with Crippen LogP contribution in [-0.4, -0.2) is 0 Å². The zero-order valence-corrected chi connectivity index (χ0v) is 24.4. The van der Waals surface area contributed by atoms with Crippen molar-refractivity contribution in [2.75, 3.05) is 0 Å². The second kappa shape index (κ2) is 9.29. The number of furan rings is 1. The van der Waals surface area contributed by atoms with E-state index in [4.69, 9.17) is 4.42 Å². The lowest BCUT2D eigenvalue weighted by atomic mass is 9.91. The Bertz CT molecular complexity index is 2770. The highest BCUT2D eigenvalue weighted by molar-refractivity contribution is 6.36. The smallest absolute Gasteiger partial charge is 0.136 e. The highest BCUT2D eigenvalue weighted by Crippen LogP contribution is 2.44. The average molecular weight is 571 g/mol. The van der Waals surface area contributed by atoms with Crippen molar-refractivity contribution in [2.24, 2.45) is 0 Å². The average Bonchev–Trinajstić information content (AvgIpc) is 3.51.